The molecule has 3 aliphatic rings. The molecule has 6 rings (SSSR count). The van der Waals surface area contributed by atoms with Gasteiger partial charge in [-0.25, -0.2) is 0 Å². The Morgan fingerprint density at radius 1 is 1.18 bits per heavy atom. The molecular weight excluding hydrogens is 416 g/mol. The molecule has 7 heteroatoms. The molecular formula is C26H28N4O3. The Balaban J connectivity index is 1.20. The molecule has 0 radical (unpaired) electrons. The van der Waals surface area contributed by atoms with Gasteiger partial charge in [-0.2, -0.15) is 0 Å². The van der Waals surface area contributed by atoms with Crippen molar-refractivity contribution in [1.29, 1.82) is 0 Å². The summed E-state index contributed by atoms with van der Waals surface area (Å²) in [6.07, 6.45) is 8.60. The third-order valence-electron chi connectivity index (χ3n) is 7.46. The lowest BCUT2D eigenvalue weighted by Crippen LogP contribution is -2.48. The zero-order valence-corrected chi connectivity index (χ0v) is 18.8. The lowest BCUT2D eigenvalue weighted by molar-refractivity contribution is -0.135. The number of rotatable bonds is 3. The third-order valence-corrected chi connectivity index (χ3v) is 7.46. The highest BCUT2D eigenvalue weighted by Crippen LogP contribution is 2.50. The summed E-state index contributed by atoms with van der Waals surface area (Å²) in [6.45, 7) is 2.06. The van der Waals surface area contributed by atoms with Crippen molar-refractivity contribution in [3.8, 4) is 11.4 Å². The number of methoxy groups -OCH3 is 1. The van der Waals surface area contributed by atoms with Gasteiger partial charge in [0.2, 0.25) is 5.91 Å². The van der Waals surface area contributed by atoms with Crippen molar-refractivity contribution in [3.05, 3.63) is 72.3 Å². The number of hydrogen-bond acceptors (Lipinski definition) is 5. The Labute approximate surface area is 193 Å². The molecule has 0 saturated carbocycles. The smallest absolute Gasteiger partial charge is 0.226 e. The quantitative estimate of drug-likeness (QED) is 0.670. The normalized spacial score (nSPS) is 22.6. The molecule has 0 unspecified atom stereocenters. The van der Waals surface area contributed by atoms with Gasteiger partial charge in [0.05, 0.1) is 42.8 Å². The minimum absolute atomic E-state index is 0.175. The van der Waals surface area contributed by atoms with Gasteiger partial charge in [-0.15, -0.1) is 0 Å². The molecule has 1 aromatic carbocycles. The highest BCUT2D eigenvalue weighted by Gasteiger charge is 2.54. The van der Waals surface area contributed by atoms with Crippen molar-refractivity contribution in [1.82, 2.24) is 14.5 Å². The van der Waals surface area contributed by atoms with Gasteiger partial charge in [-0.05, 0) is 54.8 Å². The van der Waals surface area contributed by atoms with Crippen LogP contribution in [0.2, 0.25) is 0 Å². The van der Waals surface area contributed by atoms with Crippen LogP contribution in [-0.4, -0.2) is 52.8 Å². The number of anilines is 1. The topological polar surface area (TPSA) is 68.6 Å². The number of carbonyl (C=O) groups excluding carboxylic acids is 1. The van der Waals surface area contributed by atoms with E-state index in [0.717, 1.165) is 55.0 Å². The molecule has 2 fully saturated rings. The van der Waals surface area contributed by atoms with Crippen LogP contribution < -0.4 is 10.1 Å². The molecule has 1 atom stereocenters. The summed E-state index contributed by atoms with van der Waals surface area (Å²) in [5.41, 5.74) is 3.92. The van der Waals surface area contributed by atoms with E-state index in [0.29, 0.717) is 13.0 Å². The Bertz CT molecular complexity index is 1180. The van der Waals surface area contributed by atoms with E-state index in [2.05, 4.69) is 45.3 Å². The Morgan fingerprint density at radius 3 is 2.79 bits per heavy atom. The summed E-state index contributed by atoms with van der Waals surface area (Å²) < 4.78 is 14.3. The fourth-order valence-electron chi connectivity index (χ4n) is 5.70. The van der Waals surface area contributed by atoms with Gasteiger partial charge >= 0.3 is 0 Å². The van der Waals surface area contributed by atoms with Crippen molar-refractivity contribution in [2.75, 3.05) is 32.1 Å². The van der Waals surface area contributed by atoms with Gasteiger partial charge in [-0.1, -0.05) is 0 Å². The minimum atomic E-state index is -0.286. The largest absolute Gasteiger partial charge is 0.497 e. The number of carbonyl (C=O) groups is 1. The van der Waals surface area contributed by atoms with E-state index in [-0.39, 0.29) is 17.0 Å². The van der Waals surface area contributed by atoms with Crippen molar-refractivity contribution in [2.45, 2.75) is 36.8 Å². The maximum Gasteiger partial charge on any atom is 0.226 e. The van der Waals surface area contributed by atoms with Crippen LogP contribution in [0.4, 0.5) is 5.69 Å². The van der Waals surface area contributed by atoms with E-state index in [1.54, 1.807) is 19.5 Å². The molecule has 2 aromatic heterocycles. The summed E-state index contributed by atoms with van der Waals surface area (Å²) >= 11 is 0. The first-order valence-electron chi connectivity index (χ1n) is 11.5. The van der Waals surface area contributed by atoms with Crippen LogP contribution in [0.15, 0.2) is 61.1 Å². The Kier molecular flexibility index (Phi) is 4.69. The zero-order chi connectivity index (χ0) is 22.5. The number of pyridine rings is 1. The first-order valence-corrected chi connectivity index (χ1v) is 11.5. The van der Waals surface area contributed by atoms with Gasteiger partial charge < -0.3 is 24.3 Å². The summed E-state index contributed by atoms with van der Waals surface area (Å²) in [4.78, 5) is 18.8. The number of ether oxygens (including phenoxy) is 2. The molecule has 33 heavy (non-hydrogen) atoms. The summed E-state index contributed by atoms with van der Waals surface area (Å²) in [6, 6.07) is 14.3. The second-order valence-corrected chi connectivity index (χ2v) is 9.42. The van der Waals surface area contributed by atoms with Crippen LogP contribution in [0.1, 0.15) is 30.5 Å². The van der Waals surface area contributed by atoms with Crippen LogP contribution in [0.25, 0.3) is 5.69 Å². The van der Waals surface area contributed by atoms with Crippen molar-refractivity contribution in [3.63, 3.8) is 0 Å². The molecule has 3 aliphatic heterocycles. The number of nitrogens with zero attached hydrogens (tertiary/aromatic N) is 3. The number of hydrogen-bond donors (Lipinski definition) is 1. The van der Waals surface area contributed by atoms with E-state index in [9.17, 15) is 4.79 Å². The monoisotopic (exact) mass is 444 g/mol. The van der Waals surface area contributed by atoms with Gasteiger partial charge in [0, 0.05) is 44.2 Å². The van der Waals surface area contributed by atoms with Gasteiger partial charge in [0.25, 0.3) is 0 Å². The van der Waals surface area contributed by atoms with E-state index in [1.165, 1.54) is 5.69 Å². The first-order chi connectivity index (χ1) is 16.1. The van der Waals surface area contributed by atoms with Gasteiger partial charge in [0.1, 0.15) is 11.3 Å². The lowest BCUT2D eigenvalue weighted by Gasteiger charge is -2.41. The summed E-state index contributed by atoms with van der Waals surface area (Å²) in [7, 11) is 1.69. The molecule has 1 amide bonds. The molecule has 0 bridgehead atoms. The fourth-order valence-corrected chi connectivity index (χ4v) is 5.70. The molecule has 2 saturated heterocycles. The van der Waals surface area contributed by atoms with Crippen molar-refractivity contribution in [2.24, 2.45) is 0 Å². The van der Waals surface area contributed by atoms with Crippen LogP contribution in [0.5, 0.6) is 5.75 Å². The van der Waals surface area contributed by atoms with Crippen LogP contribution >= 0.6 is 0 Å². The maximum absolute atomic E-state index is 12.8. The summed E-state index contributed by atoms with van der Waals surface area (Å²) in [5.74, 6) is 1.01. The second kappa shape index (κ2) is 7.63. The van der Waals surface area contributed by atoms with E-state index < -0.39 is 0 Å². The predicted octanol–water partition coefficient (Wildman–Crippen LogP) is 3.53. The van der Waals surface area contributed by atoms with Crippen LogP contribution in [0, 0.1) is 0 Å². The SMILES string of the molecule is COc1ccc2c(c1)N[C@]1(COC3(CCN(C(=O)Cc4ccncc4)CC3)C1)c1cccn1-2. The number of piperidine rings is 1. The first kappa shape index (κ1) is 20.3. The Morgan fingerprint density at radius 2 is 2.00 bits per heavy atom. The van der Waals surface area contributed by atoms with Gasteiger partial charge in [-0.3, -0.25) is 9.78 Å². The highest BCUT2D eigenvalue weighted by molar-refractivity contribution is 5.79. The zero-order valence-electron chi connectivity index (χ0n) is 18.8. The average Bonchev–Trinajstić information content (AvgIpc) is 3.47. The average molecular weight is 445 g/mol. The van der Waals surface area contributed by atoms with Crippen LogP contribution in [0.3, 0.4) is 0 Å². The van der Waals surface area contributed by atoms with Crippen LogP contribution in [-0.2, 0) is 21.5 Å². The van der Waals surface area contributed by atoms with E-state index >= 15 is 0 Å². The number of aromatic nitrogens is 2. The van der Waals surface area contributed by atoms with E-state index in [4.69, 9.17) is 9.47 Å². The molecule has 3 aromatic rings. The summed E-state index contributed by atoms with van der Waals surface area (Å²) in [5, 5.41) is 3.82. The number of benzene rings is 1. The number of nitrogens with one attached hydrogen (secondary N) is 1. The third kappa shape index (κ3) is 3.38. The number of fused-ring (bicyclic) bond motifs is 4. The molecule has 2 spiro atoms. The van der Waals surface area contributed by atoms with E-state index in [1.807, 2.05) is 23.1 Å². The highest BCUT2D eigenvalue weighted by atomic mass is 16.5. The molecule has 1 N–H and O–H groups in total. The predicted molar refractivity (Wildman–Crippen MR) is 125 cm³/mol. The minimum Gasteiger partial charge on any atom is -0.497 e. The van der Waals surface area contributed by atoms with Crippen molar-refractivity contribution < 1.29 is 14.3 Å². The molecule has 0 aliphatic carbocycles. The number of amides is 1. The van der Waals surface area contributed by atoms with Gasteiger partial charge in [0.15, 0.2) is 0 Å². The standard InChI is InChI=1S/C26H28N4O3/c1-32-20-4-5-22-21(16-20)28-26(23-3-2-12-30(22)23)17-25(33-18-26)8-13-29(14-9-25)24(31)15-19-6-10-27-11-7-19/h2-7,10-12,16,28H,8-9,13-15,17-18H2,1H3/t26-/m1/s1. The lowest BCUT2D eigenvalue weighted by atomic mass is 9.79. The number of likely N-dealkylation sites (tertiary alicyclic amines) is 1. The maximum atomic E-state index is 12.8. The Hall–Kier alpha value is -3.32. The second-order valence-electron chi connectivity index (χ2n) is 9.42. The van der Waals surface area contributed by atoms with Crippen molar-refractivity contribution >= 4 is 11.6 Å². The molecule has 170 valence electrons. The fraction of sp³-hybridized carbons (Fsp3) is 0.385. The molecule has 7 nitrogen and oxygen atoms in total. The molecule has 5 heterocycles.